The zero-order valence-electron chi connectivity index (χ0n) is 12.1. The van der Waals surface area contributed by atoms with Gasteiger partial charge in [0.05, 0.1) is 12.8 Å². The minimum absolute atomic E-state index is 0.184. The third-order valence-corrected chi connectivity index (χ3v) is 3.76. The quantitative estimate of drug-likeness (QED) is 0.796. The maximum absolute atomic E-state index is 12.0. The van der Waals surface area contributed by atoms with Gasteiger partial charge in [-0.2, -0.15) is 0 Å². The Labute approximate surface area is 128 Å². The van der Waals surface area contributed by atoms with Crippen LogP contribution < -0.4 is 4.90 Å². The molecule has 4 nitrogen and oxygen atoms in total. The molecule has 110 valence electrons. The van der Waals surface area contributed by atoms with Crippen molar-refractivity contribution < 1.29 is 14.3 Å². The summed E-state index contributed by atoms with van der Waals surface area (Å²) < 4.78 is 4.81. The van der Waals surface area contributed by atoms with Crippen LogP contribution in [0.3, 0.4) is 0 Å². The van der Waals surface area contributed by atoms with Gasteiger partial charge in [0.2, 0.25) is 0 Å². The lowest BCUT2D eigenvalue weighted by molar-refractivity contribution is -0.105. The number of allylic oxidation sites excluding steroid dienone is 1. The zero-order chi connectivity index (χ0) is 15.5. The van der Waals surface area contributed by atoms with E-state index in [2.05, 4.69) is 0 Å². The molecule has 0 saturated carbocycles. The number of benzene rings is 2. The van der Waals surface area contributed by atoms with Gasteiger partial charge in [0.1, 0.15) is 6.29 Å². The first-order chi connectivity index (χ1) is 10.8. The van der Waals surface area contributed by atoms with Crippen LogP contribution >= 0.6 is 0 Å². The summed E-state index contributed by atoms with van der Waals surface area (Å²) in [4.78, 5) is 24.9. The van der Waals surface area contributed by atoms with E-state index < -0.39 is 6.09 Å². The molecule has 0 bridgehead atoms. The first-order valence-corrected chi connectivity index (χ1v) is 6.94. The number of para-hydroxylation sites is 1. The number of hydrogen-bond donors (Lipinski definition) is 0. The number of rotatable bonds is 2. The van der Waals surface area contributed by atoms with Crippen LogP contribution in [0.5, 0.6) is 0 Å². The molecule has 0 N–H and O–H groups in total. The molecule has 4 heteroatoms. The van der Waals surface area contributed by atoms with Crippen LogP contribution in [-0.4, -0.2) is 19.5 Å². The third-order valence-electron chi connectivity index (χ3n) is 3.76. The van der Waals surface area contributed by atoms with E-state index in [1.165, 1.54) is 12.0 Å². The Hall–Kier alpha value is -2.88. The van der Waals surface area contributed by atoms with Crippen molar-refractivity contribution in [3.63, 3.8) is 0 Å². The zero-order valence-corrected chi connectivity index (χ0v) is 12.1. The number of anilines is 1. The topological polar surface area (TPSA) is 46.6 Å². The van der Waals surface area contributed by atoms with Gasteiger partial charge in [-0.15, -0.1) is 0 Å². The summed E-state index contributed by atoms with van der Waals surface area (Å²) in [7, 11) is 1.32. The molecular formula is C18H15NO3. The van der Waals surface area contributed by atoms with E-state index in [-0.39, 0.29) is 5.92 Å². The van der Waals surface area contributed by atoms with Gasteiger partial charge >= 0.3 is 6.09 Å². The second-order valence-corrected chi connectivity index (χ2v) is 4.99. The van der Waals surface area contributed by atoms with Crippen LogP contribution in [0.1, 0.15) is 17.0 Å². The normalized spacial score (nSPS) is 16.5. The fraction of sp³-hybridized carbons (Fsp3) is 0.111. The second kappa shape index (κ2) is 5.85. The van der Waals surface area contributed by atoms with E-state index in [0.29, 0.717) is 5.57 Å². The fourth-order valence-corrected chi connectivity index (χ4v) is 2.79. The number of aldehydes is 1. The molecule has 1 heterocycles. The van der Waals surface area contributed by atoms with E-state index in [0.717, 1.165) is 23.1 Å². The Balaban J connectivity index is 2.19. The molecule has 1 amide bonds. The highest BCUT2D eigenvalue weighted by molar-refractivity contribution is 5.95. The van der Waals surface area contributed by atoms with E-state index in [9.17, 15) is 9.59 Å². The maximum atomic E-state index is 12.0. The number of hydrogen-bond acceptors (Lipinski definition) is 3. The number of nitrogens with zero attached hydrogens (tertiary/aromatic N) is 1. The molecular weight excluding hydrogens is 278 g/mol. The largest absolute Gasteiger partial charge is 0.452 e. The number of fused-ring (bicyclic) bond motifs is 1. The smallest absolute Gasteiger partial charge is 0.418 e. The first-order valence-electron chi connectivity index (χ1n) is 6.94. The van der Waals surface area contributed by atoms with Crippen molar-refractivity contribution in [1.29, 1.82) is 0 Å². The predicted octanol–water partition coefficient (Wildman–Crippen LogP) is 3.49. The van der Waals surface area contributed by atoms with Gasteiger partial charge in [-0.25, -0.2) is 4.79 Å². The first kappa shape index (κ1) is 14.1. The van der Waals surface area contributed by atoms with Crippen LogP contribution in [0.15, 0.2) is 66.4 Å². The van der Waals surface area contributed by atoms with Crippen LogP contribution in [0.4, 0.5) is 10.5 Å². The molecule has 22 heavy (non-hydrogen) atoms. The standard InChI is InChI=1S/C18H15NO3/c1-22-18(21)19-11-14(12-20)17(13-7-3-2-4-8-13)15-9-5-6-10-16(15)19/h2-12,17H,1H3/t17-/m1/s1. The highest BCUT2D eigenvalue weighted by Gasteiger charge is 2.31. The molecule has 0 aliphatic carbocycles. The molecule has 2 aromatic carbocycles. The monoisotopic (exact) mass is 293 g/mol. The Morgan fingerprint density at radius 1 is 1.09 bits per heavy atom. The molecule has 0 spiro atoms. The molecule has 0 unspecified atom stereocenters. The van der Waals surface area contributed by atoms with Crippen molar-refractivity contribution in [1.82, 2.24) is 0 Å². The maximum Gasteiger partial charge on any atom is 0.418 e. The number of amides is 1. The molecule has 0 saturated heterocycles. The van der Waals surface area contributed by atoms with Gasteiger partial charge < -0.3 is 4.74 Å². The lowest BCUT2D eigenvalue weighted by Gasteiger charge is -2.31. The van der Waals surface area contributed by atoms with Crippen molar-refractivity contribution in [2.75, 3.05) is 12.0 Å². The molecule has 0 aromatic heterocycles. The Morgan fingerprint density at radius 2 is 1.77 bits per heavy atom. The summed E-state index contributed by atoms with van der Waals surface area (Å²) in [6.45, 7) is 0. The molecule has 1 atom stereocenters. The second-order valence-electron chi connectivity index (χ2n) is 4.99. The van der Waals surface area contributed by atoms with Crippen molar-refractivity contribution in [2.45, 2.75) is 5.92 Å². The average Bonchev–Trinajstić information content (AvgIpc) is 2.60. The Morgan fingerprint density at radius 3 is 2.45 bits per heavy atom. The number of carbonyl (C=O) groups is 2. The molecule has 1 aliphatic rings. The third kappa shape index (κ3) is 2.29. The van der Waals surface area contributed by atoms with Crippen LogP contribution in [0, 0.1) is 0 Å². The van der Waals surface area contributed by atoms with Crippen LogP contribution in [0.2, 0.25) is 0 Å². The van der Waals surface area contributed by atoms with Gasteiger partial charge in [0, 0.05) is 17.7 Å². The molecule has 3 rings (SSSR count). The highest BCUT2D eigenvalue weighted by Crippen LogP contribution is 2.41. The summed E-state index contributed by atoms with van der Waals surface area (Å²) in [5, 5.41) is 0. The summed E-state index contributed by atoms with van der Waals surface area (Å²) >= 11 is 0. The fourth-order valence-electron chi connectivity index (χ4n) is 2.79. The summed E-state index contributed by atoms with van der Waals surface area (Å²) in [6, 6.07) is 17.3. The summed E-state index contributed by atoms with van der Waals surface area (Å²) in [5.41, 5.74) is 3.17. The lowest BCUT2D eigenvalue weighted by atomic mass is 9.82. The van der Waals surface area contributed by atoms with Gasteiger partial charge in [-0.05, 0) is 17.2 Å². The van der Waals surface area contributed by atoms with Crippen molar-refractivity contribution >= 4 is 18.1 Å². The minimum Gasteiger partial charge on any atom is -0.452 e. The molecule has 1 aliphatic heterocycles. The lowest BCUT2D eigenvalue weighted by Crippen LogP contribution is -2.31. The summed E-state index contributed by atoms with van der Waals surface area (Å²) in [5.74, 6) is -0.184. The average molecular weight is 293 g/mol. The van der Waals surface area contributed by atoms with E-state index >= 15 is 0 Å². The van der Waals surface area contributed by atoms with Crippen LogP contribution in [-0.2, 0) is 9.53 Å². The Bertz CT molecular complexity index is 737. The van der Waals surface area contributed by atoms with Gasteiger partial charge in [-0.3, -0.25) is 9.69 Å². The number of methoxy groups -OCH3 is 1. The number of carbonyl (C=O) groups excluding carboxylic acids is 2. The SMILES string of the molecule is COC(=O)N1C=C(C=O)[C@@H](c2ccccc2)c2ccccc21. The predicted molar refractivity (Wildman–Crippen MR) is 83.8 cm³/mol. The van der Waals surface area contributed by atoms with Gasteiger partial charge in [-0.1, -0.05) is 48.5 Å². The molecule has 2 aromatic rings. The Kier molecular flexibility index (Phi) is 3.74. The van der Waals surface area contributed by atoms with Crippen molar-refractivity contribution in [3.8, 4) is 0 Å². The summed E-state index contributed by atoms with van der Waals surface area (Å²) in [6.07, 6.45) is 1.83. The van der Waals surface area contributed by atoms with Gasteiger partial charge in [0.15, 0.2) is 0 Å². The minimum atomic E-state index is -0.515. The molecule has 0 radical (unpaired) electrons. The van der Waals surface area contributed by atoms with E-state index in [4.69, 9.17) is 4.74 Å². The van der Waals surface area contributed by atoms with Crippen molar-refractivity contribution in [3.05, 3.63) is 77.5 Å². The van der Waals surface area contributed by atoms with Crippen molar-refractivity contribution in [2.24, 2.45) is 0 Å². The van der Waals surface area contributed by atoms with Gasteiger partial charge in [0.25, 0.3) is 0 Å². The number of ether oxygens (including phenoxy) is 1. The van der Waals surface area contributed by atoms with E-state index in [1.54, 1.807) is 6.20 Å². The van der Waals surface area contributed by atoms with Crippen LogP contribution in [0.25, 0.3) is 0 Å². The molecule has 0 fully saturated rings. The highest BCUT2D eigenvalue weighted by atomic mass is 16.5. The van der Waals surface area contributed by atoms with E-state index in [1.807, 2.05) is 54.6 Å².